The van der Waals surface area contributed by atoms with E-state index in [0.717, 1.165) is 4.90 Å². The lowest BCUT2D eigenvalue weighted by Crippen LogP contribution is -2.57. The number of carbonyl (C=O) groups is 4. The summed E-state index contributed by atoms with van der Waals surface area (Å²) >= 11 is 0. The first-order chi connectivity index (χ1) is 9.18. The molecule has 2 fully saturated rings. The maximum Gasteiger partial charge on any atom is 0.371 e. The number of esters is 3. The molecule has 9 nitrogen and oxygen atoms in total. The quantitative estimate of drug-likeness (QED) is 0.547. The van der Waals surface area contributed by atoms with Gasteiger partial charge >= 0.3 is 29.6 Å². The van der Waals surface area contributed by atoms with E-state index >= 15 is 0 Å². The molecule has 2 atom stereocenters. The highest BCUT2D eigenvalue weighted by atomic mass is 16.8. The van der Waals surface area contributed by atoms with Crippen molar-refractivity contribution in [2.45, 2.75) is 24.2 Å². The standard InChI is InChI=1S/C11H13NO8/c1-12(2)8(15)11-5-18-6(13)3-10(17,9(16)20-11)4-7(14)19-11/h17H,3-5H2,1-2H3. The first-order valence-corrected chi connectivity index (χ1v) is 5.74. The van der Waals surface area contributed by atoms with Crippen molar-refractivity contribution in [3.05, 3.63) is 0 Å². The summed E-state index contributed by atoms with van der Waals surface area (Å²) in [6, 6.07) is 0. The molecule has 2 aliphatic rings. The molecule has 0 aliphatic carbocycles. The molecule has 0 radical (unpaired) electrons. The number of hydrogen-bond donors (Lipinski definition) is 1. The van der Waals surface area contributed by atoms with Gasteiger partial charge in [-0.3, -0.25) is 14.4 Å². The highest BCUT2D eigenvalue weighted by Crippen LogP contribution is 2.32. The van der Waals surface area contributed by atoms with Crippen molar-refractivity contribution in [2.75, 3.05) is 20.7 Å². The molecule has 2 rings (SSSR count). The zero-order chi connectivity index (χ0) is 15.1. The van der Waals surface area contributed by atoms with Gasteiger partial charge in [-0.25, -0.2) is 4.79 Å². The SMILES string of the molecule is CN(C)C(=O)C12COC(=O)CC(O)(CC(=O)O1)C(=O)O2. The van der Waals surface area contributed by atoms with Crippen LogP contribution in [0.15, 0.2) is 0 Å². The van der Waals surface area contributed by atoms with Gasteiger partial charge < -0.3 is 24.2 Å². The van der Waals surface area contributed by atoms with Crippen molar-refractivity contribution < 1.29 is 38.5 Å². The molecule has 20 heavy (non-hydrogen) atoms. The fraction of sp³-hybridized carbons (Fsp3) is 0.636. The third-order valence-corrected chi connectivity index (χ3v) is 2.94. The van der Waals surface area contributed by atoms with Gasteiger partial charge in [0.2, 0.25) is 0 Å². The van der Waals surface area contributed by atoms with Gasteiger partial charge in [0.05, 0.1) is 12.8 Å². The fourth-order valence-electron chi connectivity index (χ4n) is 1.95. The monoisotopic (exact) mass is 287 g/mol. The van der Waals surface area contributed by atoms with Crippen LogP contribution in [0.25, 0.3) is 0 Å². The predicted molar refractivity (Wildman–Crippen MR) is 58.8 cm³/mol. The summed E-state index contributed by atoms with van der Waals surface area (Å²) in [7, 11) is 2.69. The van der Waals surface area contributed by atoms with Crippen LogP contribution >= 0.6 is 0 Å². The van der Waals surface area contributed by atoms with Gasteiger partial charge in [-0.2, -0.15) is 0 Å². The second-order valence-corrected chi connectivity index (χ2v) is 4.86. The molecule has 9 heteroatoms. The van der Waals surface area contributed by atoms with Gasteiger partial charge in [-0.1, -0.05) is 0 Å². The number of rotatable bonds is 1. The van der Waals surface area contributed by atoms with Crippen LogP contribution in [0.1, 0.15) is 12.8 Å². The van der Waals surface area contributed by atoms with Crippen molar-refractivity contribution in [2.24, 2.45) is 0 Å². The number of ether oxygens (including phenoxy) is 3. The van der Waals surface area contributed by atoms with Crippen LogP contribution in [0.4, 0.5) is 0 Å². The molecule has 0 spiro atoms. The predicted octanol–water partition coefficient (Wildman–Crippen LogP) is -2.06. The maximum atomic E-state index is 12.1. The molecule has 2 heterocycles. The van der Waals surface area contributed by atoms with Crippen LogP contribution in [0, 0.1) is 0 Å². The van der Waals surface area contributed by atoms with Crippen LogP contribution in [-0.4, -0.2) is 65.9 Å². The normalized spacial score (nSPS) is 33.2. The van der Waals surface area contributed by atoms with Crippen LogP contribution in [0.3, 0.4) is 0 Å². The Bertz CT molecular complexity index is 501. The molecule has 1 amide bonds. The van der Waals surface area contributed by atoms with E-state index in [4.69, 9.17) is 14.2 Å². The van der Waals surface area contributed by atoms with E-state index in [0.29, 0.717) is 0 Å². The second-order valence-electron chi connectivity index (χ2n) is 4.86. The molecular weight excluding hydrogens is 274 g/mol. The Morgan fingerprint density at radius 2 is 1.75 bits per heavy atom. The summed E-state index contributed by atoms with van der Waals surface area (Å²) in [5.41, 5.74) is -2.39. The Morgan fingerprint density at radius 1 is 1.15 bits per heavy atom. The summed E-state index contributed by atoms with van der Waals surface area (Å²) in [4.78, 5) is 48.2. The number of fused-ring (bicyclic) bond motifs is 3. The lowest BCUT2D eigenvalue weighted by atomic mass is 9.96. The molecule has 0 aromatic rings. The van der Waals surface area contributed by atoms with Crippen LogP contribution in [0.5, 0.6) is 0 Å². The first kappa shape index (κ1) is 14.3. The zero-order valence-corrected chi connectivity index (χ0v) is 10.9. The van der Waals surface area contributed by atoms with Crippen molar-refractivity contribution in [1.82, 2.24) is 4.90 Å². The van der Waals surface area contributed by atoms with Gasteiger partial charge in [0.15, 0.2) is 12.2 Å². The Balaban J connectivity index is 2.51. The zero-order valence-electron chi connectivity index (χ0n) is 10.9. The molecular formula is C11H13NO8. The molecule has 110 valence electrons. The number of aliphatic hydroxyl groups is 1. The highest BCUT2D eigenvalue weighted by molar-refractivity contribution is 5.97. The van der Waals surface area contributed by atoms with Gasteiger partial charge in [0.1, 0.15) is 0 Å². The Kier molecular flexibility index (Phi) is 3.17. The molecule has 1 N–H and O–H groups in total. The van der Waals surface area contributed by atoms with E-state index in [-0.39, 0.29) is 0 Å². The lowest BCUT2D eigenvalue weighted by molar-refractivity contribution is -0.245. The van der Waals surface area contributed by atoms with E-state index < -0.39 is 54.7 Å². The molecule has 2 unspecified atom stereocenters. The van der Waals surface area contributed by atoms with Crippen molar-refractivity contribution in [3.8, 4) is 0 Å². The van der Waals surface area contributed by atoms with Gasteiger partial charge in [-0.15, -0.1) is 0 Å². The number of nitrogens with zero attached hydrogens (tertiary/aromatic N) is 1. The summed E-state index contributed by atoms with van der Waals surface area (Å²) in [5, 5.41) is 10.0. The first-order valence-electron chi connectivity index (χ1n) is 5.74. The van der Waals surface area contributed by atoms with E-state index in [1.165, 1.54) is 14.1 Å². The lowest BCUT2D eigenvalue weighted by Gasteiger charge is -2.33. The topological polar surface area (TPSA) is 119 Å². The Morgan fingerprint density at radius 3 is 2.35 bits per heavy atom. The molecule has 0 saturated carbocycles. The van der Waals surface area contributed by atoms with E-state index in [9.17, 15) is 24.3 Å². The van der Waals surface area contributed by atoms with Crippen molar-refractivity contribution >= 4 is 23.8 Å². The van der Waals surface area contributed by atoms with Crippen LogP contribution in [-0.2, 0) is 33.4 Å². The number of amides is 1. The summed E-state index contributed by atoms with van der Waals surface area (Å²) in [6.07, 6.45) is -1.53. The summed E-state index contributed by atoms with van der Waals surface area (Å²) in [5.74, 6) is -6.52. The molecule has 0 aromatic heterocycles. The fourth-order valence-corrected chi connectivity index (χ4v) is 1.95. The second kappa shape index (κ2) is 4.44. The smallest absolute Gasteiger partial charge is 0.371 e. The molecule has 2 aliphatic heterocycles. The number of likely N-dealkylation sites (N-methyl/N-ethyl adjacent to an activating group) is 1. The molecule has 0 aromatic carbocycles. The van der Waals surface area contributed by atoms with E-state index in [1.54, 1.807) is 0 Å². The van der Waals surface area contributed by atoms with Crippen LogP contribution < -0.4 is 0 Å². The van der Waals surface area contributed by atoms with Crippen molar-refractivity contribution in [3.63, 3.8) is 0 Å². The Hall–Kier alpha value is -2.16. The van der Waals surface area contributed by atoms with Gasteiger partial charge in [0.25, 0.3) is 0 Å². The number of cyclic esters (lactones) is 1. The average molecular weight is 287 g/mol. The van der Waals surface area contributed by atoms with E-state index in [2.05, 4.69) is 0 Å². The molecule has 2 bridgehead atoms. The largest absolute Gasteiger partial charge is 0.457 e. The summed E-state index contributed by atoms with van der Waals surface area (Å²) < 4.78 is 14.4. The number of hydrogen-bond acceptors (Lipinski definition) is 8. The minimum atomic E-state index is -2.39. The third kappa shape index (κ3) is 2.20. The maximum absolute atomic E-state index is 12.1. The minimum Gasteiger partial charge on any atom is -0.457 e. The van der Waals surface area contributed by atoms with Gasteiger partial charge in [0, 0.05) is 14.1 Å². The van der Waals surface area contributed by atoms with E-state index in [1.807, 2.05) is 0 Å². The van der Waals surface area contributed by atoms with Crippen molar-refractivity contribution in [1.29, 1.82) is 0 Å². The highest BCUT2D eigenvalue weighted by Gasteiger charge is 2.59. The van der Waals surface area contributed by atoms with Gasteiger partial charge in [-0.05, 0) is 0 Å². The third-order valence-electron chi connectivity index (χ3n) is 2.94. The van der Waals surface area contributed by atoms with Crippen LogP contribution in [0.2, 0.25) is 0 Å². The average Bonchev–Trinajstić information content (AvgIpc) is 2.38. The minimum absolute atomic E-state index is 0.743. The molecule has 2 saturated heterocycles. The number of carbonyl (C=O) groups excluding carboxylic acids is 4. The Labute approximate surface area is 113 Å². The summed E-state index contributed by atoms with van der Waals surface area (Å²) in [6.45, 7) is -0.754.